The van der Waals surface area contributed by atoms with Gasteiger partial charge in [-0.05, 0) is 13.0 Å². The molecule has 0 atom stereocenters. The summed E-state index contributed by atoms with van der Waals surface area (Å²) < 4.78 is 6.72. The number of nitrogens with two attached hydrogens (primary N) is 2. The summed E-state index contributed by atoms with van der Waals surface area (Å²) in [5.41, 5.74) is 11.2. The van der Waals surface area contributed by atoms with Crippen molar-refractivity contribution in [1.29, 1.82) is 0 Å². The van der Waals surface area contributed by atoms with Crippen LogP contribution in [0.5, 0.6) is 0 Å². The van der Waals surface area contributed by atoms with Gasteiger partial charge in [0.1, 0.15) is 12.0 Å². The Morgan fingerprint density at radius 1 is 1.36 bits per heavy atom. The molecular formula is C14H14N8O3. The third-order valence-electron chi connectivity index (χ3n) is 3.20. The van der Waals surface area contributed by atoms with E-state index in [0.717, 1.165) is 6.26 Å². The lowest BCUT2D eigenvalue weighted by Gasteiger charge is -2.00. The van der Waals surface area contributed by atoms with E-state index in [1.165, 1.54) is 17.1 Å². The second-order valence-corrected chi connectivity index (χ2v) is 4.90. The summed E-state index contributed by atoms with van der Waals surface area (Å²) in [6, 6.07) is 1.54. The molecule has 3 aromatic heterocycles. The predicted octanol–water partition coefficient (Wildman–Crippen LogP) is 0.281. The molecule has 2 amide bonds. The third-order valence-corrected chi connectivity index (χ3v) is 3.20. The molecule has 0 saturated heterocycles. The van der Waals surface area contributed by atoms with E-state index in [2.05, 4.69) is 25.4 Å². The van der Waals surface area contributed by atoms with Crippen LogP contribution in [0.1, 0.15) is 27.9 Å². The fourth-order valence-electron chi connectivity index (χ4n) is 2.03. The van der Waals surface area contributed by atoms with E-state index in [4.69, 9.17) is 15.9 Å². The molecule has 128 valence electrons. The minimum Gasteiger partial charge on any atom is -0.442 e. The van der Waals surface area contributed by atoms with E-state index in [-0.39, 0.29) is 28.9 Å². The van der Waals surface area contributed by atoms with Crippen molar-refractivity contribution in [1.82, 2.24) is 24.7 Å². The average molecular weight is 342 g/mol. The minimum absolute atomic E-state index is 0.00754. The van der Waals surface area contributed by atoms with Gasteiger partial charge in [-0.25, -0.2) is 15.0 Å². The molecule has 0 aliphatic heterocycles. The number of hydrogen-bond acceptors (Lipinski definition) is 8. The molecule has 0 bridgehead atoms. The highest BCUT2D eigenvalue weighted by molar-refractivity contribution is 6.07. The summed E-state index contributed by atoms with van der Waals surface area (Å²) in [6.07, 6.45) is 4.11. The number of aromatic nitrogens is 5. The van der Waals surface area contributed by atoms with E-state index in [9.17, 15) is 9.59 Å². The van der Waals surface area contributed by atoms with Crippen molar-refractivity contribution in [2.75, 3.05) is 11.1 Å². The smallest absolute Gasteiger partial charge is 0.277 e. The zero-order valence-electron chi connectivity index (χ0n) is 13.1. The lowest BCUT2D eigenvalue weighted by Crippen LogP contribution is -2.18. The molecule has 0 saturated carbocycles. The van der Waals surface area contributed by atoms with Gasteiger partial charge in [-0.2, -0.15) is 5.10 Å². The molecule has 3 heterocycles. The standard InChI is InChI=1S/C14H14N8O3/c1-2-22-5-8(10(21-22)11(15)23)18-12(24)9-6-25-13(19-9)7-3-4-17-14(16)20-7/h3-6H,2H2,1H3,(H2,15,23)(H,18,24)(H2,16,17,20). The van der Waals surface area contributed by atoms with E-state index >= 15 is 0 Å². The Labute approximate surface area is 141 Å². The van der Waals surface area contributed by atoms with E-state index < -0.39 is 11.8 Å². The molecule has 0 aliphatic carbocycles. The Hall–Kier alpha value is -3.76. The van der Waals surface area contributed by atoms with Gasteiger partial charge >= 0.3 is 0 Å². The molecule has 25 heavy (non-hydrogen) atoms. The maximum atomic E-state index is 12.3. The highest BCUT2D eigenvalue weighted by atomic mass is 16.3. The van der Waals surface area contributed by atoms with Crippen LogP contribution >= 0.6 is 0 Å². The lowest BCUT2D eigenvalue weighted by atomic mass is 10.3. The SMILES string of the molecule is CCn1cc(NC(=O)c2coc(-c3ccnc(N)n3)n2)c(C(N)=O)n1. The van der Waals surface area contributed by atoms with Crippen LogP contribution in [0.15, 0.2) is 29.1 Å². The second kappa shape index (κ2) is 6.39. The summed E-state index contributed by atoms with van der Waals surface area (Å²) >= 11 is 0. The number of carbonyl (C=O) groups excluding carboxylic acids is 2. The van der Waals surface area contributed by atoms with Crippen molar-refractivity contribution in [3.05, 3.63) is 36.1 Å². The monoisotopic (exact) mass is 342 g/mol. The van der Waals surface area contributed by atoms with E-state index in [1.807, 2.05) is 6.92 Å². The molecule has 0 radical (unpaired) electrons. The molecule has 0 unspecified atom stereocenters. The van der Waals surface area contributed by atoms with Crippen molar-refractivity contribution in [2.24, 2.45) is 5.73 Å². The van der Waals surface area contributed by atoms with Crippen molar-refractivity contribution in [3.63, 3.8) is 0 Å². The minimum atomic E-state index is -0.750. The van der Waals surface area contributed by atoms with Gasteiger partial charge in [-0.3, -0.25) is 14.3 Å². The van der Waals surface area contributed by atoms with E-state index in [0.29, 0.717) is 12.2 Å². The van der Waals surface area contributed by atoms with Crippen LogP contribution in [0.3, 0.4) is 0 Å². The molecular weight excluding hydrogens is 328 g/mol. The Kier molecular flexibility index (Phi) is 4.12. The van der Waals surface area contributed by atoms with Gasteiger partial charge in [0.05, 0.1) is 5.69 Å². The molecule has 11 nitrogen and oxygen atoms in total. The van der Waals surface area contributed by atoms with E-state index in [1.54, 1.807) is 6.07 Å². The van der Waals surface area contributed by atoms with Crippen LogP contribution in [0.2, 0.25) is 0 Å². The highest BCUT2D eigenvalue weighted by Gasteiger charge is 2.19. The topological polar surface area (TPSA) is 168 Å². The summed E-state index contributed by atoms with van der Waals surface area (Å²) in [5.74, 6) is -1.17. The molecule has 0 spiro atoms. The first-order valence-corrected chi connectivity index (χ1v) is 7.21. The fourth-order valence-corrected chi connectivity index (χ4v) is 2.03. The highest BCUT2D eigenvalue weighted by Crippen LogP contribution is 2.18. The second-order valence-electron chi connectivity index (χ2n) is 4.90. The molecule has 5 N–H and O–H groups in total. The van der Waals surface area contributed by atoms with Gasteiger partial charge in [0.2, 0.25) is 11.8 Å². The number of rotatable bonds is 5. The Morgan fingerprint density at radius 3 is 2.84 bits per heavy atom. The number of nitrogen functional groups attached to an aromatic ring is 1. The first kappa shape index (κ1) is 16.1. The van der Waals surface area contributed by atoms with Gasteiger partial charge in [0.15, 0.2) is 11.4 Å². The maximum Gasteiger partial charge on any atom is 0.277 e. The normalized spacial score (nSPS) is 10.6. The summed E-state index contributed by atoms with van der Waals surface area (Å²) in [7, 11) is 0. The van der Waals surface area contributed by atoms with Gasteiger partial charge in [-0.1, -0.05) is 0 Å². The van der Waals surface area contributed by atoms with Crippen molar-refractivity contribution in [3.8, 4) is 11.6 Å². The molecule has 3 aromatic rings. The molecule has 0 aliphatic rings. The zero-order valence-corrected chi connectivity index (χ0v) is 13.1. The predicted molar refractivity (Wildman–Crippen MR) is 86.3 cm³/mol. The first-order chi connectivity index (χ1) is 12.0. The Morgan fingerprint density at radius 2 is 2.16 bits per heavy atom. The largest absolute Gasteiger partial charge is 0.442 e. The van der Waals surface area contributed by atoms with Crippen LogP contribution in [-0.4, -0.2) is 36.5 Å². The number of anilines is 2. The summed E-state index contributed by atoms with van der Waals surface area (Å²) in [5, 5.41) is 6.53. The zero-order chi connectivity index (χ0) is 18.0. The van der Waals surface area contributed by atoms with Crippen LogP contribution < -0.4 is 16.8 Å². The maximum absolute atomic E-state index is 12.3. The fraction of sp³-hybridized carbons (Fsp3) is 0.143. The number of primary amides is 1. The molecule has 0 aromatic carbocycles. The average Bonchev–Trinajstić information content (AvgIpc) is 3.21. The third kappa shape index (κ3) is 3.29. The lowest BCUT2D eigenvalue weighted by molar-refractivity contribution is 0.0995. The van der Waals surface area contributed by atoms with Gasteiger partial charge < -0.3 is 21.2 Å². The number of carbonyl (C=O) groups is 2. The quantitative estimate of drug-likeness (QED) is 0.594. The number of aryl methyl sites for hydroxylation is 1. The number of hydrogen-bond donors (Lipinski definition) is 3. The number of oxazole rings is 1. The Balaban J connectivity index is 1.83. The summed E-state index contributed by atoms with van der Waals surface area (Å²) in [4.78, 5) is 35.5. The van der Waals surface area contributed by atoms with Crippen LogP contribution in [0, 0.1) is 0 Å². The molecule has 3 rings (SSSR count). The van der Waals surface area contributed by atoms with Crippen molar-refractivity contribution >= 4 is 23.5 Å². The first-order valence-electron chi connectivity index (χ1n) is 7.21. The number of amides is 2. The van der Waals surface area contributed by atoms with Crippen LogP contribution in [-0.2, 0) is 6.54 Å². The Bertz CT molecular complexity index is 945. The van der Waals surface area contributed by atoms with Gasteiger partial charge in [0.25, 0.3) is 11.8 Å². The summed E-state index contributed by atoms with van der Waals surface area (Å²) in [6.45, 7) is 2.35. The van der Waals surface area contributed by atoms with Crippen molar-refractivity contribution in [2.45, 2.75) is 13.5 Å². The molecule has 0 fully saturated rings. The van der Waals surface area contributed by atoms with Gasteiger partial charge in [0, 0.05) is 18.9 Å². The van der Waals surface area contributed by atoms with Crippen molar-refractivity contribution < 1.29 is 14.0 Å². The van der Waals surface area contributed by atoms with Gasteiger partial charge in [-0.15, -0.1) is 0 Å². The number of nitrogens with one attached hydrogen (secondary N) is 1. The number of nitrogens with zero attached hydrogens (tertiary/aromatic N) is 5. The van der Waals surface area contributed by atoms with Crippen LogP contribution in [0.4, 0.5) is 11.6 Å². The molecule has 11 heteroatoms. The van der Waals surface area contributed by atoms with Crippen LogP contribution in [0.25, 0.3) is 11.6 Å².